The number of carbonyl (C=O) groups is 1. The summed E-state index contributed by atoms with van der Waals surface area (Å²) in [6, 6.07) is 21.7. The number of carbonyl (C=O) groups excluding carboxylic acids is 1. The second-order valence-electron chi connectivity index (χ2n) is 6.81. The summed E-state index contributed by atoms with van der Waals surface area (Å²) in [5.74, 6) is -0.0711. The maximum atomic E-state index is 12.3. The first kappa shape index (κ1) is 22.6. The van der Waals surface area contributed by atoms with Gasteiger partial charge in [0.15, 0.2) is 22.5 Å². The Morgan fingerprint density at radius 1 is 1.03 bits per heavy atom. The molecular formula is C23H18BrN5O3S. The molecular weight excluding hydrogens is 506 g/mol. The lowest BCUT2D eigenvalue weighted by Gasteiger charge is -2.10. The van der Waals surface area contributed by atoms with Gasteiger partial charge < -0.3 is 10.2 Å². The second kappa shape index (κ2) is 10.3. The number of thioether (sulfide) groups is 1. The van der Waals surface area contributed by atoms with Crippen LogP contribution in [0.4, 0.5) is 0 Å². The lowest BCUT2D eigenvalue weighted by molar-refractivity contribution is -0.118. The molecule has 0 saturated carbocycles. The number of hydrogen-bond donors (Lipinski definition) is 3. The van der Waals surface area contributed by atoms with Gasteiger partial charge in [-0.2, -0.15) is 5.10 Å². The zero-order valence-corrected chi connectivity index (χ0v) is 19.5. The van der Waals surface area contributed by atoms with E-state index in [-0.39, 0.29) is 23.2 Å². The highest BCUT2D eigenvalue weighted by Gasteiger charge is 2.17. The lowest BCUT2D eigenvalue weighted by atomic mass is 10.2. The van der Waals surface area contributed by atoms with Crippen LogP contribution in [-0.2, 0) is 4.79 Å². The Bertz CT molecular complexity index is 1290. The van der Waals surface area contributed by atoms with Crippen LogP contribution >= 0.6 is 27.7 Å². The molecule has 10 heteroatoms. The number of benzene rings is 3. The van der Waals surface area contributed by atoms with Crippen molar-refractivity contribution in [1.29, 1.82) is 0 Å². The van der Waals surface area contributed by atoms with Gasteiger partial charge in [0, 0.05) is 15.7 Å². The molecule has 0 radical (unpaired) electrons. The fourth-order valence-corrected chi connectivity index (χ4v) is 3.93. The third-order valence-corrected chi connectivity index (χ3v) is 5.94. The van der Waals surface area contributed by atoms with Gasteiger partial charge in [-0.1, -0.05) is 58.0 Å². The Balaban J connectivity index is 1.49. The highest BCUT2D eigenvalue weighted by atomic mass is 79.9. The Labute approximate surface area is 202 Å². The minimum absolute atomic E-state index is 0.0711. The van der Waals surface area contributed by atoms with E-state index in [1.807, 2.05) is 59.2 Å². The quantitative estimate of drug-likeness (QED) is 0.143. The molecule has 0 fully saturated rings. The van der Waals surface area contributed by atoms with Crippen LogP contribution in [0, 0.1) is 0 Å². The maximum absolute atomic E-state index is 12.3. The number of phenols is 2. The van der Waals surface area contributed by atoms with E-state index in [0.29, 0.717) is 16.5 Å². The van der Waals surface area contributed by atoms with Crippen molar-refractivity contribution in [2.45, 2.75) is 5.16 Å². The van der Waals surface area contributed by atoms with Gasteiger partial charge in [-0.05, 0) is 48.0 Å². The van der Waals surface area contributed by atoms with Crippen molar-refractivity contribution in [2.75, 3.05) is 5.75 Å². The van der Waals surface area contributed by atoms with E-state index in [1.165, 1.54) is 30.1 Å². The molecule has 0 aliphatic heterocycles. The van der Waals surface area contributed by atoms with E-state index in [2.05, 4.69) is 36.7 Å². The molecule has 0 spiro atoms. The van der Waals surface area contributed by atoms with E-state index in [0.717, 1.165) is 15.7 Å². The minimum atomic E-state index is -0.328. The highest BCUT2D eigenvalue weighted by Crippen LogP contribution is 2.28. The summed E-state index contributed by atoms with van der Waals surface area (Å²) in [6.45, 7) is 0. The van der Waals surface area contributed by atoms with E-state index in [1.54, 1.807) is 6.07 Å². The largest absolute Gasteiger partial charge is 0.504 e. The summed E-state index contributed by atoms with van der Waals surface area (Å²) in [5.41, 5.74) is 4.75. The third kappa shape index (κ3) is 5.60. The highest BCUT2D eigenvalue weighted by molar-refractivity contribution is 9.10. The fourth-order valence-electron chi connectivity index (χ4n) is 2.92. The number of rotatable bonds is 7. The first-order valence-electron chi connectivity index (χ1n) is 9.75. The molecule has 0 saturated heterocycles. The molecule has 166 valence electrons. The topological polar surface area (TPSA) is 113 Å². The molecule has 0 atom stereocenters. The average molecular weight is 524 g/mol. The van der Waals surface area contributed by atoms with Gasteiger partial charge in [0.2, 0.25) is 0 Å². The third-order valence-electron chi connectivity index (χ3n) is 4.48. The lowest BCUT2D eigenvalue weighted by Crippen LogP contribution is -2.20. The van der Waals surface area contributed by atoms with Crippen LogP contribution in [0.25, 0.3) is 17.1 Å². The Morgan fingerprint density at radius 3 is 2.52 bits per heavy atom. The van der Waals surface area contributed by atoms with Crippen LogP contribution in [0.1, 0.15) is 5.56 Å². The maximum Gasteiger partial charge on any atom is 0.250 e. The van der Waals surface area contributed by atoms with Crippen molar-refractivity contribution in [1.82, 2.24) is 20.2 Å². The van der Waals surface area contributed by atoms with E-state index < -0.39 is 0 Å². The molecule has 4 aromatic rings. The summed E-state index contributed by atoms with van der Waals surface area (Å²) in [6.07, 6.45) is 1.37. The summed E-state index contributed by atoms with van der Waals surface area (Å²) in [4.78, 5) is 12.3. The number of phenolic OH excluding ortho intramolecular Hbond substituents is 2. The number of halogens is 1. The first-order valence-corrected chi connectivity index (χ1v) is 11.5. The predicted octanol–water partition coefficient (Wildman–Crippen LogP) is 4.35. The van der Waals surface area contributed by atoms with Crippen molar-refractivity contribution in [3.05, 3.63) is 82.8 Å². The first-order chi connectivity index (χ1) is 16.0. The van der Waals surface area contributed by atoms with E-state index in [4.69, 9.17) is 0 Å². The summed E-state index contributed by atoms with van der Waals surface area (Å²) in [5, 5.41) is 32.0. The van der Waals surface area contributed by atoms with Crippen molar-refractivity contribution in [2.24, 2.45) is 5.10 Å². The number of nitrogens with zero attached hydrogens (tertiary/aromatic N) is 4. The number of aromatic nitrogens is 3. The standard InChI is InChI=1S/C23H18BrN5O3S/c24-17-7-9-18(10-8-17)29-22(16-4-2-1-3-5-16)27-28-23(29)33-14-21(32)26-25-13-15-6-11-19(30)20(31)12-15/h1-13,30-31H,14H2,(H,26,32). The monoisotopic (exact) mass is 523 g/mol. The van der Waals surface area contributed by atoms with Crippen LogP contribution in [0.2, 0.25) is 0 Å². The SMILES string of the molecule is O=C(CSc1nnc(-c2ccccc2)n1-c1ccc(Br)cc1)NN=Cc1ccc(O)c(O)c1. The van der Waals surface area contributed by atoms with Gasteiger partial charge in [-0.3, -0.25) is 9.36 Å². The zero-order valence-electron chi connectivity index (χ0n) is 17.1. The molecule has 1 amide bonds. The van der Waals surface area contributed by atoms with Gasteiger partial charge in [-0.15, -0.1) is 10.2 Å². The Kier molecular flexibility index (Phi) is 7.06. The van der Waals surface area contributed by atoms with Gasteiger partial charge in [0.05, 0.1) is 12.0 Å². The molecule has 0 unspecified atom stereocenters. The van der Waals surface area contributed by atoms with Gasteiger partial charge in [0.25, 0.3) is 5.91 Å². The molecule has 4 rings (SSSR count). The summed E-state index contributed by atoms with van der Waals surface area (Å²) in [7, 11) is 0. The average Bonchev–Trinajstić information content (AvgIpc) is 3.25. The van der Waals surface area contributed by atoms with E-state index >= 15 is 0 Å². The molecule has 3 aromatic carbocycles. The molecule has 33 heavy (non-hydrogen) atoms. The molecule has 8 nitrogen and oxygen atoms in total. The number of nitrogens with one attached hydrogen (secondary N) is 1. The zero-order chi connectivity index (χ0) is 23.2. The van der Waals surface area contributed by atoms with Crippen LogP contribution in [0.15, 0.2) is 87.5 Å². The summed E-state index contributed by atoms with van der Waals surface area (Å²) >= 11 is 4.69. The normalized spacial score (nSPS) is 11.1. The van der Waals surface area contributed by atoms with Crippen molar-refractivity contribution in [3.8, 4) is 28.6 Å². The Hall–Kier alpha value is -3.63. The molecule has 0 aliphatic rings. The van der Waals surface area contributed by atoms with Gasteiger partial charge in [-0.25, -0.2) is 5.43 Å². The number of aromatic hydroxyl groups is 2. The number of hydrogen-bond acceptors (Lipinski definition) is 7. The van der Waals surface area contributed by atoms with Gasteiger partial charge >= 0.3 is 0 Å². The molecule has 1 heterocycles. The van der Waals surface area contributed by atoms with Crippen LogP contribution in [0.3, 0.4) is 0 Å². The minimum Gasteiger partial charge on any atom is -0.504 e. The van der Waals surface area contributed by atoms with Gasteiger partial charge in [0.1, 0.15) is 0 Å². The molecule has 3 N–H and O–H groups in total. The van der Waals surface area contributed by atoms with Crippen molar-refractivity contribution >= 4 is 39.8 Å². The van der Waals surface area contributed by atoms with Crippen molar-refractivity contribution in [3.63, 3.8) is 0 Å². The smallest absolute Gasteiger partial charge is 0.250 e. The molecule has 0 bridgehead atoms. The molecule has 1 aromatic heterocycles. The summed E-state index contributed by atoms with van der Waals surface area (Å²) < 4.78 is 2.86. The predicted molar refractivity (Wildman–Crippen MR) is 131 cm³/mol. The molecule has 0 aliphatic carbocycles. The Morgan fingerprint density at radius 2 is 1.79 bits per heavy atom. The van der Waals surface area contributed by atoms with Crippen molar-refractivity contribution < 1.29 is 15.0 Å². The second-order valence-corrected chi connectivity index (χ2v) is 8.67. The number of amides is 1. The van der Waals surface area contributed by atoms with Crippen LogP contribution in [-0.4, -0.2) is 42.9 Å². The van der Waals surface area contributed by atoms with Crippen LogP contribution < -0.4 is 5.43 Å². The van der Waals surface area contributed by atoms with E-state index in [9.17, 15) is 15.0 Å². The number of hydrazone groups is 1. The van der Waals surface area contributed by atoms with Crippen LogP contribution in [0.5, 0.6) is 11.5 Å². The fraction of sp³-hybridized carbons (Fsp3) is 0.0435.